The summed E-state index contributed by atoms with van der Waals surface area (Å²) < 4.78 is 5.64. The summed E-state index contributed by atoms with van der Waals surface area (Å²) in [5.74, 6) is 3.25. The number of Topliss-reactive ketones (excluding diaryl/α,β-unsaturated/α-hetero) is 1. The van der Waals surface area contributed by atoms with E-state index in [9.17, 15) is 4.79 Å². The van der Waals surface area contributed by atoms with E-state index in [2.05, 4.69) is 24.9 Å². The van der Waals surface area contributed by atoms with Crippen molar-refractivity contribution in [2.24, 2.45) is 33.6 Å². The molecule has 25 heavy (non-hydrogen) atoms. The van der Waals surface area contributed by atoms with E-state index in [0.717, 1.165) is 31.6 Å². The van der Waals surface area contributed by atoms with Gasteiger partial charge in [0, 0.05) is 30.5 Å². The molecule has 0 spiro atoms. The van der Waals surface area contributed by atoms with Crippen LogP contribution in [0.1, 0.15) is 58.1 Å². The van der Waals surface area contributed by atoms with Gasteiger partial charge in [-0.05, 0) is 54.4 Å². The molecule has 0 radical (unpaired) electrons. The highest BCUT2D eigenvalue weighted by Crippen LogP contribution is 2.63. The fourth-order valence-corrected chi connectivity index (χ4v) is 6.50. The second-order valence-corrected chi connectivity index (χ2v) is 8.97. The second-order valence-electron chi connectivity index (χ2n) is 8.97. The second kappa shape index (κ2) is 5.15. The molecule has 1 aromatic heterocycles. The first-order chi connectivity index (χ1) is 12.0. The summed E-state index contributed by atoms with van der Waals surface area (Å²) in [6.07, 6.45) is 11.7. The monoisotopic (exact) mass is 338 g/mol. The van der Waals surface area contributed by atoms with Gasteiger partial charge in [0.25, 0.3) is 0 Å². The van der Waals surface area contributed by atoms with Gasteiger partial charge in [-0.3, -0.25) is 9.79 Å². The number of nitrogens with zero attached hydrogens (tertiary/aromatic N) is 2. The lowest BCUT2D eigenvalue weighted by molar-refractivity contribution is -0.120. The zero-order valence-electron chi connectivity index (χ0n) is 15.1. The molecule has 1 aromatic rings. The average Bonchev–Trinajstić information content (AvgIpc) is 3.22. The Morgan fingerprint density at radius 1 is 1.20 bits per heavy atom. The van der Waals surface area contributed by atoms with Crippen molar-refractivity contribution < 1.29 is 9.21 Å². The van der Waals surface area contributed by atoms with E-state index in [1.54, 1.807) is 0 Å². The highest BCUT2D eigenvalue weighted by Gasteiger charge is 2.57. The Kier molecular flexibility index (Phi) is 3.20. The van der Waals surface area contributed by atoms with Crippen LogP contribution in [0, 0.1) is 28.6 Å². The zero-order chi connectivity index (χ0) is 17.2. The van der Waals surface area contributed by atoms with Gasteiger partial charge in [-0.1, -0.05) is 19.9 Å². The van der Waals surface area contributed by atoms with Crippen LogP contribution in [0.2, 0.25) is 0 Å². The fraction of sp³-hybridized carbons (Fsp3) is 0.667. The number of aromatic nitrogens is 1. The first-order valence-electron chi connectivity index (χ1n) is 9.67. The van der Waals surface area contributed by atoms with Crippen molar-refractivity contribution in [2.45, 2.75) is 52.4 Å². The summed E-state index contributed by atoms with van der Waals surface area (Å²) in [6.45, 7) is 5.71. The molecule has 0 bridgehead atoms. The van der Waals surface area contributed by atoms with Crippen LogP contribution in [-0.2, 0) is 4.79 Å². The summed E-state index contributed by atoms with van der Waals surface area (Å²) in [6, 6.07) is 0. The van der Waals surface area contributed by atoms with E-state index in [1.807, 2.05) is 6.20 Å². The molecular weight excluding hydrogens is 312 g/mol. The molecule has 5 atom stereocenters. The summed E-state index contributed by atoms with van der Waals surface area (Å²) in [5, 5.41) is 0. The Hall–Kier alpha value is -1.71. The molecule has 0 saturated heterocycles. The van der Waals surface area contributed by atoms with E-state index in [1.165, 1.54) is 30.5 Å². The first-order valence-corrected chi connectivity index (χ1v) is 9.67. The maximum atomic E-state index is 11.9. The van der Waals surface area contributed by atoms with Crippen LogP contribution in [0.15, 0.2) is 28.1 Å². The molecule has 0 aromatic carbocycles. The standard InChI is InChI=1S/C21H26N2O2/c1-20-8-6-16-14(10-23-19-9-13(24)5-7-21(16,19)2)15(20)3-4-17(20)18-11-22-12-25-18/h4,11-12,14-16H,3,5-10H2,1-2H3/t14-,15-,16-,20-,21+/m0/s1. The van der Waals surface area contributed by atoms with E-state index in [0.29, 0.717) is 30.0 Å². The zero-order valence-corrected chi connectivity index (χ0v) is 15.1. The summed E-state index contributed by atoms with van der Waals surface area (Å²) in [5.41, 5.74) is 2.88. The van der Waals surface area contributed by atoms with E-state index >= 15 is 0 Å². The van der Waals surface area contributed by atoms with Crippen molar-refractivity contribution in [1.82, 2.24) is 4.98 Å². The van der Waals surface area contributed by atoms with Crippen molar-refractivity contribution in [1.29, 1.82) is 0 Å². The Labute approximate surface area is 148 Å². The van der Waals surface area contributed by atoms with Gasteiger partial charge in [-0.15, -0.1) is 0 Å². The quantitative estimate of drug-likeness (QED) is 0.766. The van der Waals surface area contributed by atoms with Gasteiger partial charge in [0.05, 0.1) is 6.20 Å². The smallest absolute Gasteiger partial charge is 0.181 e. The van der Waals surface area contributed by atoms with Crippen LogP contribution in [0.5, 0.6) is 0 Å². The maximum absolute atomic E-state index is 11.9. The predicted molar refractivity (Wildman–Crippen MR) is 96.2 cm³/mol. The summed E-state index contributed by atoms with van der Waals surface area (Å²) in [7, 11) is 0. The van der Waals surface area contributed by atoms with E-state index in [4.69, 9.17) is 9.41 Å². The number of rotatable bonds is 1. The maximum Gasteiger partial charge on any atom is 0.181 e. The minimum atomic E-state index is 0.146. The normalized spacial score (nSPS) is 43.0. The number of hydrogen-bond acceptors (Lipinski definition) is 4. The van der Waals surface area contributed by atoms with Crippen LogP contribution in [-0.4, -0.2) is 23.0 Å². The van der Waals surface area contributed by atoms with Gasteiger partial charge in [-0.25, -0.2) is 4.98 Å². The van der Waals surface area contributed by atoms with Crippen LogP contribution in [0.3, 0.4) is 0 Å². The largest absolute Gasteiger partial charge is 0.444 e. The van der Waals surface area contributed by atoms with Crippen LogP contribution >= 0.6 is 0 Å². The highest BCUT2D eigenvalue weighted by atomic mass is 16.3. The molecule has 3 aliphatic carbocycles. The van der Waals surface area contributed by atoms with Crippen molar-refractivity contribution >= 4 is 17.1 Å². The third-order valence-electron chi connectivity index (χ3n) is 7.97. The van der Waals surface area contributed by atoms with Gasteiger partial charge in [-0.2, -0.15) is 0 Å². The highest BCUT2D eigenvalue weighted by molar-refractivity contribution is 6.07. The molecular formula is C21H26N2O2. The van der Waals surface area contributed by atoms with Crippen LogP contribution in [0.4, 0.5) is 0 Å². The molecule has 4 heteroatoms. The number of aliphatic imine (C=N–C) groups is 1. The minimum absolute atomic E-state index is 0.146. The number of carbonyl (C=O) groups is 1. The van der Waals surface area contributed by atoms with Crippen molar-refractivity contribution in [3.8, 4) is 0 Å². The average molecular weight is 338 g/mol. The molecule has 2 heterocycles. The number of oxazole rings is 1. The lowest BCUT2D eigenvalue weighted by Crippen LogP contribution is -2.54. The Morgan fingerprint density at radius 2 is 2.08 bits per heavy atom. The van der Waals surface area contributed by atoms with Crippen molar-refractivity contribution in [2.75, 3.05) is 6.54 Å². The number of fused-ring (bicyclic) bond motifs is 5. The fourth-order valence-electron chi connectivity index (χ4n) is 6.50. The van der Waals surface area contributed by atoms with Gasteiger partial charge in [0.1, 0.15) is 5.78 Å². The van der Waals surface area contributed by atoms with E-state index in [-0.39, 0.29) is 10.8 Å². The molecule has 1 aliphatic heterocycles. The SMILES string of the molecule is C[C@]12CCC(=O)CC1=NC[C@@H]1[C@@H]2CC[C@]2(C)C(c3cnco3)=CC[C@@H]12. The predicted octanol–water partition coefficient (Wildman–Crippen LogP) is 4.32. The van der Waals surface area contributed by atoms with Crippen molar-refractivity contribution in [3.63, 3.8) is 0 Å². The number of allylic oxidation sites excluding steroid dienone is 2. The van der Waals surface area contributed by atoms with Crippen molar-refractivity contribution in [3.05, 3.63) is 24.4 Å². The molecule has 4 aliphatic rings. The molecule has 2 saturated carbocycles. The number of hydrogen-bond donors (Lipinski definition) is 0. The Bertz CT molecular complexity index is 778. The van der Waals surface area contributed by atoms with Gasteiger partial charge >= 0.3 is 0 Å². The van der Waals surface area contributed by atoms with Gasteiger partial charge in [0.15, 0.2) is 12.2 Å². The molecule has 0 amide bonds. The van der Waals surface area contributed by atoms with Crippen LogP contribution < -0.4 is 0 Å². The first kappa shape index (κ1) is 15.5. The third-order valence-corrected chi connectivity index (χ3v) is 7.97. The van der Waals surface area contributed by atoms with Crippen LogP contribution in [0.25, 0.3) is 5.57 Å². The molecule has 5 rings (SSSR count). The summed E-state index contributed by atoms with van der Waals surface area (Å²) >= 11 is 0. The lowest BCUT2D eigenvalue weighted by Gasteiger charge is -2.56. The Morgan fingerprint density at radius 3 is 2.88 bits per heavy atom. The Balaban J connectivity index is 1.49. The number of ketones is 1. The topological polar surface area (TPSA) is 55.5 Å². The molecule has 4 nitrogen and oxygen atoms in total. The lowest BCUT2D eigenvalue weighted by atomic mass is 9.49. The third kappa shape index (κ3) is 2.03. The minimum Gasteiger partial charge on any atom is -0.444 e. The molecule has 0 N–H and O–H groups in total. The van der Waals surface area contributed by atoms with Gasteiger partial charge in [0.2, 0.25) is 0 Å². The number of carbonyl (C=O) groups excluding carboxylic acids is 1. The molecule has 0 unspecified atom stereocenters. The van der Waals surface area contributed by atoms with E-state index < -0.39 is 0 Å². The molecule has 2 fully saturated rings. The van der Waals surface area contributed by atoms with Gasteiger partial charge < -0.3 is 4.42 Å². The molecule has 132 valence electrons. The summed E-state index contributed by atoms with van der Waals surface area (Å²) in [4.78, 5) is 21.0.